The van der Waals surface area contributed by atoms with E-state index in [9.17, 15) is 14.7 Å². The molecule has 5 rings (SSSR count). The van der Waals surface area contributed by atoms with Gasteiger partial charge in [-0.3, -0.25) is 9.59 Å². The van der Waals surface area contributed by atoms with Gasteiger partial charge in [0, 0.05) is 12.1 Å². The zero-order chi connectivity index (χ0) is 26.3. The second-order valence-electron chi connectivity index (χ2n) is 10.2. The molecule has 1 N–H and O–H groups in total. The molecule has 0 spiro atoms. The molecule has 7 heteroatoms. The lowest BCUT2D eigenvalue weighted by Crippen LogP contribution is -2.29. The number of hydrogen-bond donors (Lipinski definition) is 1. The van der Waals surface area contributed by atoms with Crippen LogP contribution in [0.3, 0.4) is 0 Å². The average molecular weight is 500 g/mol. The van der Waals surface area contributed by atoms with E-state index in [4.69, 9.17) is 14.2 Å². The van der Waals surface area contributed by atoms with Gasteiger partial charge in [-0.15, -0.1) is 0 Å². The van der Waals surface area contributed by atoms with Crippen molar-refractivity contribution in [3.8, 4) is 17.2 Å². The quantitative estimate of drug-likeness (QED) is 0.290. The van der Waals surface area contributed by atoms with E-state index in [2.05, 4.69) is 20.8 Å². The molecule has 0 aliphatic carbocycles. The Morgan fingerprint density at radius 3 is 2.30 bits per heavy atom. The molecule has 1 saturated heterocycles. The van der Waals surface area contributed by atoms with Crippen molar-refractivity contribution in [3.05, 3.63) is 94.6 Å². The van der Waals surface area contributed by atoms with Crippen molar-refractivity contribution in [1.82, 2.24) is 4.90 Å². The average Bonchev–Trinajstić information content (AvgIpc) is 3.46. The molecule has 0 bridgehead atoms. The number of benzene rings is 3. The third-order valence-corrected chi connectivity index (χ3v) is 6.79. The minimum Gasteiger partial charge on any atom is -0.507 e. The van der Waals surface area contributed by atoms with Crippen LogP contribution in [0.25, 0.3) is 5.76 Å². The van der Waals surface area contributed by atoms with Crippen molar-refractivity contribution in [3.63, 3.8) is 0 Å². The van der Waals surface area contributed by atoms with Crippen LogP contribution in [0.5, 0.6) is 17.2 Å². The number of Topliss-reactive ketones (excluding diaryl/α,β-unsaturated/α-hetero) is 1. The number of carbonyl (C=O) groups excluding carboxylic acids is 2. The summed E-state index contributed by atoms with van der Waals surface area (Å²) in [6.07, 6.45) is 0. The molecule has 0 aromatic heterocycles. The van der Waals surface area contributed by atoms with Crippen LogP contribution >= 0.6 is 0 Å². The molecular weight excluding hydrogens is 470 g/mol. The van der Waals surface area contributed by atoms with E-state index in [-0.39, 0.29) is 30.1 Å². The lowest BCUT2D eigenvalue weighted by Gasteiger charge is -2.26. The second-order valence-corrected chi connectivity index (χ2v) is 10.2. The molecule has 2 aliphatic rings. The number of carbonyl (C=O) groups is 2. The highest BCUT2D eigenvalue weighted by molar-refractivity contribution is 6.46. The van der Waals surface area contributed by atoms with Crippen LogP contribution in [0.2, 0.25) is 0 Å². The van der Waals surface area contributed by atoms with E-state index in [1.807, 2.05) is 36.4 Å². The summed E-state index contributed by atoms with van der Waals surface area (Å²) in [5.74, 6) is 0.239. The molecule has 1 fully saturated rings. The van der Waals surface area contributed by atoms with Gasteiger partial charge in [0.1, 0.15) is 11.5 Å². The van der Waals surface area contributed by atoms with Gasteiger partial charge in [-0.25, -0.2) is 0 Å². The van der Waals surface area contributed by atoms with Gasteiger partial charge in [0.15, 0.2) is 11.5 Å². The van der Waals surface area contributed by atoms with Crippen molar-refractivity contribution in [2.24, 2.45) is 0 Å². The molecule has 2 aliphatic heterocycles. The Bertz CT molecular complexity index is 1380. The van der Waals surface area contributed by atoms with Crippen LogP contribution in [-0.4, -0.2) is 35.6 Å². The Hall–Kier alpha value is -4.26. The number of likely N-dealkylation sites (tertiary alicyclic amines) is 1. The fourth-order valence-corrected chi connectivity index (χ4v) is 4.70. The number of hydrogen-bond acceptors (Lipinski definition) is 6. The zero-order valence-corrected chi connectivity index (χ0v) is 21.3. The molecule has 0 radical (unpaired) electrons. The molecule has 37 heavy (non-hydrogen) atoms. The van der Waals surface area contributed by atoms with Crippen LogP contribution in [0.1, 0.15) is 49.1 Å². The van der Waals surface area contributed by atoms with Crippen LogP contribution < -0.4 is 14.2 Å². The lowest BCUT2D eigenvalue weighted by molar-refractivity contribution is -0.140. The van der Waals surface area contributed by atoms with Gasteiger partial charge in [-0.2, -0.15) is 0 Å². The number of aliphatic hydroxyl groups is 1. The summed E-state index contributed by atoms with van der Waals surface area (Å²) in [4.78, 5) is 28.2. The standard InChI is InChI=1S/C30H29NO6/c1-30(2,3)21-10-6-19(7-11-21)26-25(27(32)20-8-12-22(35-4)13-9-20)28(33)29(34)31(26)16-18-5-14-23-24(15-18)37-17-36-23/h5-15,26,32H,16-17H2,1-4H3/b27-25+. The van der Waals surface area contributed by atoms with Crippen molar-refractivity contribution in [2.45, 2.75) is 38.8 Å². The van der Waals surface area contributed by atoms with Crippen molar-refractivity contribution < 1.29 is 28.9 Å². The number of fused-ring (bicyclic) bond motifs is 1. The number of ether oxygens (including phenoxy) is 3. The van der Waals surface area contributed by atoms with E-state index in [1.165, 1.54) is 4.90 Å². The van der Waals surface area contributed by atoms with E-state index < -0.39 is 17.7 Å². The maximum atomic E-state index is 13.4. The van der Waals surface area contributed by atoms with Crippen molar-refractivity contribution in [1.29, 1.82) is 0 Å². The minimum atomic E-state index is -0.762. The fraction of sp³-hybridized carbons (Fsp3) is 0.267. The molecule has 1 amide bonds. The van der Waals surface area contributed by atoms with Crippen molar-refractivity contribution >= 4 is 17.4 Å². The monoisotopic (exact) mass is 499 g/mol. The van der Waals surface area contributed by atoms with Gasteiger partial charge in [0.25, 0.3) is 11.7 Å². The van der Waals surface area contributed by atoms with Gasteiger partial charge in [-0.05, 0) is 58.5 Å². The summed E-state index contributed by atoms with van der Waals surface area (Å²) < 4.78 is 16.1. The van der Waals surface area contributed by atoms with Gasteiger partial charge in [0.2, 0.25) is 6.79 Å². The van der Waals surface area contributed by atoms with E-state index >= 15 is 0 Å². The predicted octanol–water partition coefficient (Wildman–Crippen LogP) is 5.34. The molecule has 2 heterocycles. The Morgan fingerprint density at radius 1 is 0.973 bits per heavy atom. The molecule has 1 unspecified atom stereocenters. The summed E-state index contributed by atoms with van der Waals surface area (Å²) in [5, 5.41) is 11.3. The first-order chi connectivity index (χ1) is 17.7. The molecule has 190 valence electrons. The Morgan fingerprint density at radius 2 is 1.65 bits per heavy atom. The van der Waals surface area contributed by atoms with Crippen LogP contribution in [0, 0.1) is 0 Å². The topological polar surface area (TPSA) is 85.3 Å². The van der Waals surface area contributed by atoms with Gasteiger partial charge < -0.3 is 24.2 Å². The number of aliphatic hydroxyl groups excluding tert-OH is 1. The summed E-state index contributed by atoms with van der Waals surface area (Å²) in [5.41, 5.74) is 3.07. The summed E-state index contributed by atoms with van der Waals surface area (Å²) in [6, 6.07) is 19.3. The number of nitrogens with zero attached hydrogens (tertiary/aromatic N) is 1. The largest absolute Gasteiger partial charge is 0.507 e. The number of ketones is 1. The fourth-order valence-electron chi connectivity index (χ4n) is 4.70. The molecule has 3 aromatic rings. The Labute approximate surface area is 215 Å². The van der Waals surface area contributed by atoms with Crippen LogP contribution in [0.4, 0.5) is 0 Å². The number of methoxy groups -OCH3 is 1. The molecular formula is C30H29NO6. The highest BCUT2D eigenvalue weighted by Crippen LogP contribution is 2.42. The first-order valence-corrected chi connectivity index (χ1v) is 12.1. The first-order valence-electron chi connectivity index (χ1n) is 12.1. The van der Waals surface area contributed by atoms with Crippen LogP contribution in [-0.2, 0) is 21.5 Å². The maximum Gasteiger partial charge on any atom is 0.295 e. The highest BCUT2D eigenvalue weighted by atomic mass is 16.7. The zero-order valence-electron chi connectivity index (χ0n) is 21.3. The molecule has 0 saturated carbocycles. The Balaban J connectivity index is 1.60. The number of amides is 1. The van der Waals surface area contributed by atoms with Crippen LogP contribution in [0.15, 0.2) is 72.3 Å². The highest BCUT2D eigenvalue weighted by Gasteiger charge is 2.46. The van der Waals surface area contributed by atoms with Gasteiger partial charge in [-0.1, -0.05) is 51.1 Å². The second kappa shape index (κ2) is 9.32. The van der Waals surface area contributed by atoms with Gasteiger partial charge >= 0.3 is 0 Å². The first kappa shape index (κ1) is 24.4. The smallest absolute Gasteiger partial charge is 0.295 e. The third kappa shape index (κ3) is 4.53. The van der Waals surface area contributed by atoms with Crippen molar-refractivity contribution in [2.75, 3.05) is 13.9 Å². The lowest BCUT2D eigenvalue weighted by atomic mass is 9.85. The third-order valence-electron chi connectivity index (χ3n) is 6.79. The Kier molecular flexibility index (Phi) is 6.15. The predicted molar refractivity (Wildman–Crippen MR) is 139 cm³/mol. The number of rotatable bonds is 5. The molecule has 3 aromatic carbocycles. The summed E-state index contributed by atoms with van der Waals surface area (Å²) in [6.45, 7) is 6.67. The SMILES string of the molecule is COc1ccc(/C(O)=C2\C(=O)C(=O)N(Cc3ccc4c(c3)OCO4)C2c2ccc(C(C)(C)C)cc2)cc1. The van der Waals surface area contributed by atoms with E-state index in [0.717, 1.165) is 16.7 Å². The van der Waals surface area contributed by atoms with E-state index in [1.54, 1.807) is 37.4 Å². The van der Waals surface area contributed by atoms with E-state index in [0.29, 0.717) is 22.8 Å². The maximum absolute atomic E-state index is 13.4. The summed E-state index contributed by atoms with van der Waals surface area (Å²) >= 11 is 0. The molecule has 7 nitrogen and oxygen atoms in total. The summed E-state index contributed by atoms with van der Waals surface area (Å²) in [7, 11) is 1.55. The van der Waals surface area contributed by atoms with Gasteiger partial charge in [0.05, 0.1) is 18.7 Å². The molecule has 1 atom stereocenters. The minimum absolute atomic E-state index is 0.0550. The normalized spacial score (nSPS) is 18.4.